The molecule has 0 fully saturated rings. The molecule has 1 aliphatic rings. The monoisotopic (exact) mass is 422 g/mol. The van der Waals surface area contributed by atoms with Crippen LogP contribution in [0.2, 0.25) is 0 Å². The van der Waals surface area contributed by atoms with Gasteiger partial charge in [0.1, 0.15) is 12.4 Å². The summed E-state index contributed by atoms with van der Waals surface area (Å²) in [7, 11) is 0. The summed E-state index contributed by atoms with van der Waals surface area (Å²) < 4.78 is 24.9. The Bertz CT molecular complexity index is 997. The van der Waals surface area contributed by atoms with Gasteiger partial charge in [0.15, 0.2) is 11.5 Å². The Hall–Kier alpha value is -2.96. The maximum absolute atomic E-state index is 6.01. The number of fused-ring (bicyclic) bond motifs is 1. The van der Waals surface area contributed by atoms with Gasteiger partial charge in [-0.05, 0) is 68.3 Å². The predicted molar refractivity (Wildman–Crippen MR) is 121 cm³/mol. The molecule has 0 unspecified atom stereocenters. The van der Waals surface area contributed by atoms with Crippen LogP contribution in [-0.2, 0) is 17.7 Å². The van der Waals surface area contributed by atoms with E-state index in [9.17, 15) is 0 Å². The highest BCUT2D eigenvalue weighted by Gasteiger charge is 2.16. The van der Waals surface area contributed by atoms with Crippen molar-refractivity contribution in [1.29, 1.82) is 0 Å². The predicted octanol–water partition coefficient (Wildman–Crippen LogP) is 4.18. The molecule has 3 aromatic rings. The summed E-state index contributed by atoms with van der Waals surface area (Å²) in [5.74, 6) is 2.45. The molecule has 6 nitrogen and oxygen atoms in total. The third-order valence-electron chi connectivity index (χ3n) is 5.50. The average molecular weight is 423 g/mol. The first kappa shape index (κ1) is 21.3. The van der Waals surface area contributed by atoms with Gasteiger partial charge in [0.25, 0.3) is 0 Å². The van der Waals surface area contributed by atoms with Crippen LogP contribution in [0.15, 0.2) is 54.6 Å². The first-order chi connectivity index (χ1) is 15.2. The average Bonchev–Trinajstić information content (AvgIpc) is 3.40. The van der Waals surface area contributed by atoms with Gasteiger partial charge in [-0.15, -0.1) is 0 Å². The van der Waals surface area contributed by atoms with Gasteiger partial charge in [0.2, 0.25) is 6.79 Å². The molecule has 0 spiro atoms. The fourth-order valence-electron chi connectivity index (χ4n) is 3.86. The number of benzene rings is 2. The van der Waals surface area contributed by atoms with Crippen molar-refractivity contribution in [3.63, 3.8) is 0 Å². The first-order valence-electron chi connectivity index (χ1n) is 10.8. The van der Waals surface area contributed by atoms with Crippen LogP contribution in [0.5, 0.6) is 17.2 Å². The summed E-state index contributed by atoms with van der Waals surface area (Å²) in [6.45, 7) is 6.91. The third-order valence-corrected chi connectivity index (χ3v) is 5.50. The SMILES string of the molecule is CCO[C@H](CN)Cc1ccc(OCCn2c(C)ccc2-c2ccc3c(c2)OCO3)cc1. The van der Waals surface area contributed by atoms with Crippen LogP contribution in [0, 0.1) is 6.92 Å². The second-order valence-electron chi connectivity index (χ2n) is 7.59. The van der Waals surface area contributed by atoms with Crippen molar-refractivity contribution in [2.75, 3.05) is 26.6 Å². The molecular weight excluding hydrogens is 392 g/mol. The zero-order valence-electron chi connectivity index (χ0n) is 18.2. The van der Waals surface area contributed by atoms with E-state index in [1.807, 2.05) is 31.2 Å². The highest BCUT2D eigenvalue weighted by Crippen LogP contribution is 2.36. The van der Waals surface area contributed by atoms with Crippen LogP contribution < -0.4 is 19.9 Å². The number of nitrogens with zero attached hydrogens (tertiary/aromatic N) is 1. The van der Waals surface area contributed by atoms with Crippen molar-refractivity contribution in [2.45, 2.75) is 32.9 Å². The summed E-state index contributed by atoms with van der Waals surface area (Å²) in [4.78, 5) is 0. The first-order valence-corrected chi connectivity index (χ1v) is 10.8. The Labute approximate surface area is 183 Å². The second-order valence-corrected chi connectivity index (χ2v) is 7.59. The summed E-state index contributed by atoms with van der Waals surface area (Å²) in [5, 5.41) is 0. The van der Waals surface area contributed by atoms with Crippen molar-refractivity contribution in [2.24, 2.45) is 5.73 Å². The summed E-state index contributed by atoms with van der Waals surface area (Å²) in [6, 6.07) is 18.5. The highest BCUT2D eigenvalue weighted by molar-refractivity contribution is 5.65. The van der Waals surface area contributed by atoms with Gasteiger partial charge in [-0.25, -0.2) is 0 Å². The molecule has 2 N–H and O–H groups in total. The Balaban J connectivity index is 1.37. The number of ether oxygens (including phenoxy) is 4. The molecule has 0 aliphatic carbocycles. The van der Waals surface area contributed by atoms with Gasteiger partial charge in [0, 0.05) is 30.1 Å². The summed E-state index contributed by atoms with van der Waals surface area (Å²) >= 11 is 0. The third kappa shape index (κ3) is 5.03. The number of aromatic nitrogens is 1. The number of hydrogen-bond donors (Lipinski definition) is 1. The minimum Gasteiger partial charge on any atom is -0.492 e. The van der Waals surface area contributed by atoms with Gasteiger partial charge in [0.05, 0.1) is 12.6 Å². The van der Waals surface area contributed by atoms with E-state index in [2.05, 4.69) is 41.8 Å². The summed E-state index contributed by atoms with van der Waals surface area (Å²) in [5.41, 5.74) is 10.4. The molecule has 2 aromatic carbocycles. The lowest BCUT2D eigenvalue weighted by molar-refractivity contribution is 0.0694. The smallest absolute Gasteiger partial charge is 0.231 e. The zero-order chi connectivity index (χ0) is 21.6. The standard InChI is InChI=1S/C25H30N2O4/c1-3-28-22(16-26)14-19-5-8-21(9-6-19)29-13-12-27-18(2)4-10-23(27)20-7-11-24-25(15-20)31-17-30-24/h4-11,15,22H,3,12-14,16-17,26H2,1-2H3/t22-/m0/s1. The topological polar surface area (TPSA) is 67.9 Å². The molecule has 6 heteroatoms. The molecule has 0 radical (unpaired) electrons. The van der Waals surface area contributed by atoms with Crippen molar-refractivity contribution in [3.05, 3.63) is 65.9 Å². The van der Waals surface area contributed by atoms with Crippen molar-refractivity contribution in [1.82, 2.24) is 4.57 Å². The van der Waals surface area contributed by atoms with E-state index in [-0.39, 0.29) is 12.9 Å². The van der Waals surface area contributed by atoms with Crippen molar-refractivity contribution < 1.29 is 18.9 Å². The molecule has 0 bridgehead atoms. The molecule has 4 rings (SSSR count). The van der Waals surface area contributed by atoms with Crippen LogP contribution in [-0.4, -0.2) is 37.2 Å². The number of nitrogens with two attached hydrogens (primary N) is 1. The van der Waals surface area contributed by atoms with Gasteiger partial charge in [-0.1, -0.05) is 12.1 Å². The lowest BCUT2D eigenvalue weighted by Gasteiger charge is -2.15. The van der Waals surface area contributed by atoms with Crippen LogP contribution in [0.3, 0.4) is 0 Å². The molecule has 2 heterocycles. The quantitative estimate of drug-likeness (QED) is 0.531. The highest BCUT2D eigenvalue weighted by atomic mass is 16.7. The number of hydrogen-bond acceptors (Lipinski definition) is 5. The lowest BCUT2D eigenvalue weighted by Crippen LogP contribution is -2.26. The van der Waals surface area contributed by atoms with Gasteiger partial charge in [-0.2, -0.15) is 0 Å². The van der Waals surface area contributed by atoms with Gasteiger partial charge < -0.3 is 29.2 Å². The van der Waals surface area contributed by atoms with E-state index >= 15 is 0 Å². The molecule has 31 heavy (non-hydrogen) atoms. The molecular formula is C25H30N2O4. The Morgan fingerprint density at radius 2 is 1.84 bits per heavy atom. The lowest BCUT2D eigenvalue weighted by atomic mass is 10.1. The molecule has 164 valence electrons. The van der Waals surface area contributed by atoms with E-state index in [1.54, 1.807) is 0 Å². The Morgan fingerprint density at radius 3 is 2.61 bits per heavy atom. The van der Waals surface area contributed by atoms with Gasteiger partial charge in [-0.3, -0.25) is 0 Å². The second kappa shape index (κ2) is 9.90. The Morgan fingerprint density at radius 1 is 1.03 bits per heavy atom. The molecule has 0 amide bonds. The molecule has 1 aromatic heterocycles. The maximum atomic E-state index is 6.01. The van der Waals surface area contributed by atoms with Crippen LogP contribution in [0.25, 0.3) is 11.3 Å². The minimum atomic E-state index is 0.0584. The van der Waals surface area contributed by atoms with E-state index < -0.39 is 0 Å². The molecule has 0 saturated heterocycles. The van der Waals surface area contributed by atoms with Crippen LogP contribution in [0.1, 0.15) is 18.2 Å². The zero-order valence-corrected chi connectivity index (χ0v) is 18.2. The number of rotatable bonds is 10. The molecule has 0 saturated carbocycles. The van der Waals surface area contributed by atoms with Crippen molar-refractivity contribution in [3.8, 4) is 28.5 Å². The summed E-state index contributed by atoms with van der Waals surface area (Å²) in [6.07, 6.45) is 0.870. The maximum Gasteiger partial charge on any atom is 0.231 e. The van der Waals surface area contributed by atoms with Gasteiger partial charge >= 0.3 is 0 Å². The number of aryl methyl sites for hydroxylation is 1. The van der Waals surface area contributed by atoms with Crippen molar-refractivity contribution >= 4 is 0 Å². The Kier molecular flexibility index (Phi) is 6.79. The van der Waals surface area contributed by atoms with E-state index in [0.717, 1.165) is 41.5 Å². The van der Waals surface area contributed by atoms with E-state index in [1.165, 1.54) is 11.3 Å². The van der Waals surface area contributed by atoms with E-state index in [4.69, 9.17) is 24.7 Å². The molecule has 1 aliphatic heterocycles. The normalized spacial score (nSPS) is 13.4. The minimum absolute atomic E-state index is 0.0584. The van der Waals surface area contributed by atoms with Crippen LogP contribution in [0.4, 0.5) is 0 Å². The van der Waals surface area contributed by atoms with E-state index in [0.29, 0.717) is 19.8 Å². The fraction of sp³-hybridized carbons (Fsp3) is 0.360. The fourth-order valence-corrected chi connectivity index (χ4v) is 3.86. The van der Waals surface area contributed by atoms with Crippen LogP contribution >= 0.6 is 0 Å². The largest absolute Gasteiger partial charge is 0.492 e. The molecule has 1 atom stereocenters.